The van der Waals surface area contributed by atoms with Crippen LogP contribution in [-0.2, 0) is 15.6 Å². The molecule has 0 amide bonds. The van der Waals surface area contributed by atoms with Crippen molar-refractivity contribution in [1.82, 2.24) is 0 Å². The molecule has 2 heteroatoms. The Balaban J connectivity index is 2.44. The van der Waals surface area contributed by atoms with Crippen LogP contribution >= 0.6 is 0 Å². The van der Waals surface area contributed by atoms with Crippen LogP contribution in [0.2, 0.25) is 0 Å². The normalized spacial score (nSPS) is 20.0. The average molecular weight is 246 g/mol. The maximum Gasteiger partial charge on any atom is 0.157 e. The summed E-state index contributed by atoms with van der Waals surface area (Å²) in [6.45, 7) is 9.29. The molecule has 2 rings (SSSR count). The van der Waals surface area contributed by atoms with E-state index in [-0.39, 0.29) is 17.4 Å². The molecule has 0 aliphatic heterocycles. The number of carbonyl (C=O) groups excluding carboxylic acids is 1. The van der Waals surface area contributed by atoms with E-state index in [1.54, 1.807) is 0 Å². The molecule has 0 saturated heterocycles. The molecule has 18 heavy (non-hydrogen) atoms. The van der Waals surface area contributed by atoms with E-state index in [4.69, 9.17) is 4.74 Å². The van der Waals surface area contributed by atoms with Crippen LogP contribution in [0.5, 0.6) is 5.75 Å². The van der Waals surface area contributed by atoms with E-state index in [2.05, 4.69) is 39.8 Å². The van der Waals surface area contributed by atoms with Crippen molar-refractivity contribution in [2.24, 2.45) is 0 Å². The van der Waals surface area contributed by atoms with Crippen LogP contribution < -0.4 is 4.74 Å². The van der Waals surface area contributed by atoms with Crippen molar-refractivity contribution in [2.75, 3.05) is 6.61 Å². The topological polar surface area (TPSA) is 26.3 Å². The average Bonchev–Trinajstić information content (AvgIpc) is 2.32. The summed E-state index contributed by atoms with van der Waals surface area (Å²) in [6, 6.07) is 6.25. The van der Waals surface area contributed by atoms with Crippen LogP contribution in [0.15, 0.2) is 18.2 Å². The predicted octanol–water partition coefficient (Wildman–Crippen LogP) is 3.61. The lowest BCUT2D eigenvalue weighted by molar-refractivity contribution is -0.109. The fraction of sp³-hybridized carbons (Fsp3) is 0.562. The summed E-state index contributed by atoms with van der Waals surface area (Å²) in [6.07, 6.45) is 3.18. The Hall–Kier alpha value is -1.31. The first-order valence-corrected chi connectivity index (χ1v) is 6.58. The van der Waals surface area contributed by atoms with Crippen molar-refractivity contribution >= 4 is 6.29 Å². The minimum Gasteiger partial charge on any atom is -0.486 e. The number of hydrogen-bond donors (Lipinski definition) is 0. The summed E-state index contributed by atoms with van der Waals surface area (Å²) in [4.78, 5) is 10.4. The molecule has 0 fully saturated rings. The zero-order valence-corrected chi connectivity index (χ0v) is 11.7. The SMILES string of the molecule is CC1(C)CCC(C)(C)c2cc(OCC=O)ccc21. The first kappa shape index (κ1) is 13.1. The second-order valence-electron chi connectivity index (χ2n) is 6.45. The van der Waals surface area contributed by atoms with E-state index in [1.807, 2.05) is 6.07 Å². The molecule has 1 aromatic carbocycles. The molecule has 0 radical (unpaired) electrons. The summed E-state index contributed by atoms with van der Waals surface area (Å²) in [5.74, 6) is 0.798. The molecule has 1 aliphatic carbocycles. The van der Waals surface area contributed by atoms with Gasteiger partial charge in [-0.3, -0.25) is 4.79 Å². The van der Waals surface area contributed by atoms with Gasteiger partial charge in [0.2, 0.25) is 0 Å². The lowest BCUT2D eigenvalue weighted by Gasteiger charge is -2.41. The van der Waals surface area contributed by atoms with Crippen molar-refractivity contribution < 1.29 is 9.53 Å². The van der Waals surface area contributed by atoms with Gasteiger partial charge in [-0.15, -0.1) is 0 Å². The van der Waals surface area contributed by atoms with Gasteiger partial charge in [0.1, 0.15) is 12.4 Å². The molecule has 0 bridgehead atoms. The third-order valence-corrected chi connectivity index (χ3v) is 4.14. The number of aldehydes is 1. The number of benzene rings is 1. The van der Waals surface area contributed by atoms with E-state index in [9.17, 15) is 4.79 Å². The molecule has 0 spiro atoms. The Morgan fingerprint density at radius 1 is 1.11 bits per heavy atom. The molecule has 0 unspecified atom stereocenters. The molecule has 0 atom stereocenters. The third-order valence-electron chi connectivity index (χ3n) is 4.14. The van der Waals surface area contributed by atoms with Crippen LogP contribution in [-0.4, -0.2) is 12.9 Å². The van der Waals surface area contributed by atoms with Crippen molar-refractivity contribution in [3.63, 3.8) is 0 Å². The highest BCUT2D eigenvalue weighted by Gasteiger charge is 2.36. The molecule has 0 N–H and O–H groups in total. The maximum atomic E-state index is 10.4. The maximum absolute atomic E-state index is 10.4. The summed E-state index contributed by atoms with van der Waals surface area (Å²) in [7, 11) is 0. The summed E-state index contributed by atoms with van der Waals surface area (Å²) >= 11 is 0. The van der Waals surface area contributed by atoms with Crippen molar-refractivity contribution in [1.29, 1.82) is 0 Å². The molecule has 1 aromatic rings. The van der Waals surface area contributed by atoms with Crippen molar-refractivity contribution in [2.45, 2.75) is 51.4 Å². The van der Waals surface area contributed by atoms with Crippen LogP contribution in [0.4, 0.5) is 0 Å². The van der Waals surface area contributed by atoms with Gasteiger partial charge in [-0.25, -0.2) is 0 Å². The van der Waals surface area contributed by atoms with Gasteiger partial charge < -0.3 is 4.74 Å². The Labute approximate surface area is 109 Å². The van der Waals surface area contributed by atoms with Gasteiger partial charge >= 0.3 is 0 Å². The highest BCUT2D eigenvalue weighted by Crippen LogP contribution is 2.46. The number of rotatable bonds is 3. The monoisotopic (exact) mass is 246 g/mol. The largest absolute Gasteiger partial charge is 0.486 e. The summed E-state index contributed by atoms with van der Waals surface area (Å²) < 4.78 is 5.41. The number of ether oxygens (including phenoxy) is 1. The zero-order valence-electron chi connectivity index (χ0n) is 11.7. The van der Waals surface area contributed by atoms with Gasteiger partial charge in [0.15, 0.2) is 6.29 Å². The molecular weight excluding hydrogens is 224 g/mol. The van der Waals surface area contributed by atoms with E-state index in [0.717, 1.165) is 12.0 Å². The quantitative estimate of drug-likeness (QED) is 0.761. The van der Waals surface area contributed by atoms with Gasteiger partial charge in [-0.05, 0) is 46.9 Å². The zero-order chi connectivity index (χ0) is 13.4. The molecule has 98 valence electrons. The molecular formula is C16H22O2. The summed E-state index contributed by atoms with van der Waals surface area (Å²) in [5.41, 5.74) is 3.19. The fourth-order valence-corrected chi connectivity index (χ4v) is 2.79. The van der Waals surface area contributed by atoms with E-state index in [1.165, 1.54) is 24.0 Å². The first-order valence-electron chi connectivity index (χ1n) is 6.58. The Morgan fingerprint density at radius 2 is 1.72 bits per heavy atom. The third kappa shape index (κ3) is 2.29. The second-order valence-corrected chi connectivity index (χ2v) is 6.45. The van der Waals surface area contributed by atoms with Gasteiger partial charge in [-0.1, -0.05) is 33.8 Å². The van der Waals surface area contributed by atoms with E-state index >= 15 is 0 Å². The van der Waals surface area contributed by atoms with Crippen LogP contribution in [0.25, 0.3) is 0 Å². The molecule has 2 nitrogen and oxygen atoms in total. The second kappa shape index (κ2) is 4.42. The number of fused-ring (bicyclic) bond motifs is 1. The minimum absolute atomic E-state index is 0.128. The molecule has 0 aromatic heterocycles. The number of hydrogen-bond acceptors (Lipinski definition) is 2. The van der Waals surface area contributed by atoms with Crippen molar-refractivity contribution in [3.8, 4) is 5.75 Å². The van der Waals surface area contributed by atoms with Crippen molar-refractivity contribution in [3.05, 3.63) is 29.3 Å². The van der Waals surface area contributed by atoms with Gasteiger partial charge in [-0.2, -0.15) is 0 Å². The number of carbonyl (C=O) groups is 1. The standard InChI is InChI=1S/C16H22O2/c1-15(2)7-8-16(3,4)14-11-12(18-10-9-17)5-6-13(14)15/h5-6,9,11H,7-8,10H2,1-4H3. The van der Waals surface area contributed by atoms with E-state index in [0.29, 0.717) is 0 Å². The molecule has 0 saturated carbocycles. The van der Waals surface area contributed by atoms with Gasteiger partial charge in [0.05, 0.1) is 0 Å². The predicted molar refractivity (Wildman–Crippen MR) is 73.3 cm³/mol. The minimum atomic E-state index is 0.128. The smallest absolute Gasteiger partial charge is 0.157 e. The molecule has 1 aliphatic rings. The molecule has 0 heterocycles. The summed E-state index contributed by atoms with van der Waals surface area (Å²) in [5, 5.41) is 0. The Kier molecular flexibility index (Phi) is 3.22. The van der Waals surface area contributed by atoms with Crippen LogP contribution in [0.1, 0.15) is 51.7 Å². The lowest BCUT2D eigenvalue weighted by Crippen LogP contribution is -2.33. The van der Waals surface area contributed by atoms with E-state index < -0.39 is 0 Å². The first-order chi connectivity index (χ1) is 8.37. The lowest BCUT2D eigenvalue weighted by atomic mass is 9.63. The highest BCUT2D eigenvalue weighted by atomic mass is 16.5. The van der Waals surface area contributed by atoms with Crippen LogP contribution in [0.3, 0.4) is 0 Å². The Morgan fingerprint density at radius 3 is 2.33 bits per heavy atom. The van der Waals surface area contributed by atoms with Gasteiger partial charge in [0, 0.05) is 0 Å². The fourth-order valence-electron chi connectivity index (χ4n) is 2.79. The van der Waals surface area contributed by atoms with Gasteiger partial charge in [0.25, 0.3) is 0 Å². The highest BCUT2D eigenvalue weighted by molar-refractivity contribution is 5.52. The Bertz CT molecular complexity index is 458. The van der Waals surface area contributed by atoms with Crippen LogP contribution in [0, 0.1) is 0 Å².